The van der Waals surface area contributed by atoms with Gasteiger partial charge in [0.1, 0.15) is 0 Å². The molecule has 0 aliphatic heterocycles. The van der Waals surface area contributed by atoms with Crippen molar-refractivity contribution in [1.29, 1.82) is 0 Å². The fraction of sp³-hybridized carbons (Fsp3) is 0.333. The summed E-state index contributed by atoms with van der Waals surface area (Å²) in [6.45, 7) is 4.90. The highest BCUT2D eigenvalue weighted by atomic mass is 127. The highest BCUT2D eigenvalue weighted by Gasteiger charge is 1.99. The van der Waals surface area contributed by atoms with Crippen LogP contribution in [0.4, 0.5) is 0 Å². The van der Waals surface area contributed by atoms with Crippen LogP contribution >= 0.6 is 24.0 Å². The lowest BCUT2D eigenvalue weighted by atomic mass is 10.3. The van der Waals surface area contributed by atoms with E-state index in [9.17, 15) is 0 Å². The Morgan fingerprint density at radius 3 is 2.89 bits per heavy atom. The lowest BCUT2D eigenvalue weighted by Gasteiger charge is -2.10. The van der Waals surface area contributed by atoms with Gasteiger partial charge in [-0.15, -0.1) is 30.6 Å². The van der Waals surface area contributed by atoms with Gasteiger partial charge < -0.3 is 15.4 Å². The molecule has 18 heavy (non-hydrogen) atoms. The van der Waals surface area contributed by atoms with Gasteiger partial charge in [0.15, 0.2) is 5.96 Å². The third-order valence-corrected chi connectivity index (χ3v) is 2.06. The second-order valence-corrected chi connectivity index (χ2v) is 3.27. The number of nitrogens with zero attached hydrogens (tertiary/aromatic N) is 2. The summed E-state index contributed by atoms with van der Waals surface area (Å²) in [5, 5.41) is 6.22. The molecule has 0 aliphatic carbocycles. The second kappa shape index (κ2) is 9.69. The van der Waals surface area contributed by atoms with Crippen molar-refractivity contribution in [3.8, 4) is 5.88 Å². The molecule has 0 radical (unpaired) electrons. The van der Waals surface area contributed by atoms with Crippen molar-refractivity contribution < 1.29 is 4.74 Å². The van der Waals surface area contributed by atoms with E-state index in [1.54, 1.807) is 20.2 Å². The molecule has 0 bridgehead atoms. The molecule has 0 saturated carbocycles. The van der Waals surface area contributed by atoms with E-state index in [0.717, 1.165) is 11.7 Å². The minimum Gasteiger partial charge on any atom is -0.481 e. The molecule has 0 unspecified atom stereocenters. The summed E-state index contributed by atoms with van der Waals surface area (Å²) < 4.78 is 5.05. The van der Waals surface area contributed by atoms with Crippen LogP contribution in [0.2, 0.25) is 0 Å². The Kier molecular flexibility index (Phi) is 8.99. The third-order valence-electron chi connectivity index (χ3n) is 2.06. The van der Waals surface area contributed by atoms with E-state index >= 15 is 0 Å². The van der Waals surface area contributed by atoms with Gasteiger partial charge in [0.05, 0.1) is 19.3 Å². The van der Waals surface area contributed by atoms with E-state index in [2.05, 4.69) is 27.2 Å². The number of hydrogen-bond donors (Lipinski definition) is 2. The molecule has 0 aromatic carbocycles. The number of aliphatic imine (C=N–C) groups is 1. The van der Waals surface area contributed by atoms with Gasteiger partial charge in [-0.1, -0.05) is 12.1 Å². The van der Waals surface area contributed by atoms with Gasteiger partial charge in [0.2, 0.25) is 5.88 Å². The first-order valence-corrected chi connectivity index (χ1v) is 5.35. The molecule has 0 atom stereocenters. The number of halogens is 1. The summed E-state index contributed by atoms with van der Waals surface area (Å²) in [5.41, 5.74) is 0.894. The molecule has 0 spiro atoms. The van der Waals surface area contributed by atoms with Gasteiger partial charge in [-0.25, -0.2) is 4.98 Å². The minimum absolute atomic E-state index is 0. The first-order chi connectivity index (χ1) is 8.30. The number of hydrogen-bond acceptors (Lipinski definition) is 3. The van der Waals surface area contributed by atoms with Crippen LogP contribution in [0.5, 0.6) is 5.88 Å². The standard InChI is InChI=1S/C12H18N4O.HI/c1-4-8-14-12(13-2)15-9-10-6-5-7-11(16-10)17-3;/h4-7H,1,8-9H2,2-3H3,(H2,13,14,15);1H. The quantitative estimate of drug-likeness (QED) is 0.361. The number of pyridine rings is 1. The zero-order chi connectivity index (χ0) is 12.5. The Balaban J connectivity index is 0.00000289. The zero-order valence-electron chi connectivity index (χ0n) is 10.6. The summed E-state index contributed by atoms with van der Waals surface area (Å²) in [5.74, 6) is 1.33. The average molecular weight is 362 g/mol. The monoisotopic (exact) mass is 362 g/mol. The normalized spacial score (nSPS) is 10.2. The van der Waals surface area contributed by atoms with Crippen molar-refractivity contribution in [2.24, 2.45) is 4.99 Å². The largest absolute Gasteiger partial charge is 0.481 e. The maximum Gasteiger partial charge on any atom is 0.213 e. The highest BCUT2D eigenvalue weighted by Crippen LogP contribution is 2.05. The second-order valence-electron chi connectivity index (χ2n) is 3.27. The number of methoxy groups -OCH3 is 1. The third kappa shape index (κ3) is 5.85. The molecule has 0 saturated heterocycles. The van der Waals surface area contributed by atoms with Crippen LogP contribution in [-0.2, 0) is 6.54 Å². The van der Waals surface area contributed by atoms with Crippen molar-refractivity contribution in [2.45, 2.75) is 6.54 Å². The number of ether oxygens (including phenoxy) is 1. The summed E-state index contributed by atoms with van der Waals surface area (Å²) in [7, 11) is 3.32. The van der Waals surface area contributed by atoms with Gasteiger partial charge in [-0.05, 0) is 6.07 Å². The lowest BCUT2D eigenvalue weighted by molar-refractivity contribution is 0.396. The minimum atomic E-state index is 0. The Morgan fingerprint density at radius 2 is 2.28 bits per heavy atom. The molecular formula is C12H19IN4O. The van der Waals surface area contributed by atoms with Crippen molar-refractivity contribution >= 4 is 29.9 Å². The first-order valence-electron chi connectivity index (χ1n) is 5.35. The highest BCUT2D eigenvalue weighted by molar-refractivity contribution is 14.0. The van der Waals surface area contributed by atoms with E-state index < -0.39 is 0 Å². The molecule has 0 fully saturated rings. The SMILES string of the molecule is C=CCNC(=NC)NCc1cccc(OC)n1.I. The Bertz CT molecular complexity index is 395. The molecule has 0 amide bonds. The lowest BCUT2D eigenvalue weighted by Crippen LogP contribution is -2.36. The van der Waals surface area contributed by atoms with Crippen LogP contribution < -0.4 is 15.4 Å². The molecule has 1 heterocycles. The fourth-order valence-corrected chi connectivity index (χ4v) is 1.23. The van der Waals surface area contributed by atoms with E-state index in [1.165, 1.54) is 0 Å². The van der Waals surface area contributed by atoms with Crippen LogP contribution in [0.1, 0.15) is 5.69 Å². The van der Waals surface area contributed by atoms with Crippen molar-refractivity contribution in [2.75, 3.05) is 20.7 Å². The summed E-state index contributed by atoms with van der Waals surface area (Å²) in [4.78, 5) is 8.36. The number of aromatic nitrogens is 1. The van der Waals surface area contributed by atoms with Gasteiger partial charge in [-0.2, -0.15) is 0 Å². The van der Waals surface area contributed by atoms with Crippen LogP contribution in [0.3, 0.4) is 0 Å². The van der Waals surface area contributed by atoms with Gasteiger partial charge in [0, 0.05) is 19.7 Å². The summed E-state index contributed by atoms with van der Waals surface area (Å²) >= 11 is 0. The number of guanidine groups is 1. The molecule has 1 aromatic rings. The van der Waals surface area contributed by atoms with Crippen molar-refractivity contribution in [1.82, 2.24) is 15.6 Å². The molecule has 1 aromatic heterocycles. The smallest absolute Gasteiger partial charge is 0.213 e. The number of nitrogens with one attached hydrogen (secondary N) is 2. The summed E-state index contributed by atoms with van der Waals surface area (Å²) in [6.07, 6.45) is 1.77. The molecule has 6 heteroatoms. The Hall–Kier alpha value is -1.31. The maximum atomic E-state index is 5.05. The predicted octanol–water partition coefficient (Wildman–Crippen LogP) is 1.56. The molecule has 1 rings (SSSR count). The first kappa shape index (κ1) is 16.7. The number of rotatable bonds is 5. The van der Waals surface area contributed by atoms with Crippen LogP contribution in [0, 0.1) is 0 Å². The molecule has 2 N–H and O–H groups in total. The topological polar surface area (TPSA) is 58.5 Å². The van der Waals surface area contributed by atoms with Crippen LogP contribution in [0.15, 0.2) is 35.8 Å². The van der Waals surface area contributed by atoms with E-state index in [4.69, 9.17) is 4.74 Å². The predicted molar refractivity (Wildman–Crippen MR) is 84.6 cm³/mol. The van der Waals surface area contributed by atoms with E-state index in [0.29, 0.717) is 19.0 Å². The Morgan fingerprint density at radius 1 is 1.50 bits per heavy atom. The molecule has 5 nitrogen and oxygen atoms in total. The van der Waals surface area contributed by atoms with Crippen LogP contribution in [0.25, 0.3) is 0 Å². The fourth-order valence-electron chi connectivity index (χ4n) is 1.23. The van der Waals surface area contributed by atoms with Gasteiger partial charge in [0.25, 0.3) is 0 Å². The van der Waals surface area contributed by atoms with E-state index in [-0.39, 0.29) is 24.0 Å². The van der Waals surface area contributed by atoms with Crippen molar-refractivity contribution in [3.05, 3.63) is 36.5 Å². The van der Waals surface area contributed by atoms with Crippen molar-refractivity contribution in [3.63, 3.8) is 0 Å². The zero-order valence-corrected chi connectivity index (χ0v) is 13.0. The molecular weight excluding hydrogens is 343 g/mol. The Labute approximate surface area is 125 Å². The van der Waals surface area contributed by atoms with Gasteiger partial charge >= 0.3 is 0 Å². The van der Waals surface area contributed by atoms with Gasteiger partial charge in [-0.3, -0.25) is 4.99 Å². The van der Waals surface area contributed by atoms with E-state index in [1.807, 2.05) is 18.2 Å². The molecule has 0 aliphatic rings. The summed E-state index contributed by atoms with van der Waals surface area (Å²) in [6, 6.07) is 5.65. The maximum absolute atomic E-state index is 5.05. The average Bonchev–Trinajstić information content (AvgIpc) is 2.39. The molecule has 100 valence electrons. The van der Waals surface area contributed by atoms with Crippen LogP contribution in [-0.4, -0.2) is 31.6 Å².